The SMILES string of the molecule is CCN(C1=CC=CC(c2ccccc2)C1)c1ccc2c(c1)C(C)(C)c1ccccc1-2. The highest BCUT2D eigenvalue weighted by Crippen LogP contribution is 2.49. The summed E-state index contributed by atoms with van der Waals surface area (Å²) in [5.74, 6) is 0.440. The highest BCUT2D eigenvalue weighted by Gasteiger charge is 2.35. The topological polar surface area (TPSA) is 3.24 Å². The summed E-state index contributed by atoms with van der Waals surface area (Å²) in [6, 6.07) is 26.8. The number of benzene rings is 3. The highest BCUT2D eigenvalue weighted by molar-refractivity contribution is 5.82. The molecule has 0 amide bonds. The standard InChI is InChI=1S/C29H29N/c1-4-30(23-14-10-13-22(19-23)21-11-6-5-7-12-21)24-17-18-26-25-15-8-9-16-27(25)29(2,3)28(26)20-24/h5-18,20,22H,4,19H2,1-3H3. The fraction of sp³-hybridized carbons (Fsp3) is 0.241. The van der Waals surface area contributed by atoms with Crippen LogP contribution in [0.25, 0.3) is 11.1 Å². The smallest absolute Gasteiger partial charge is 0.0411 e. The summed E-state index contributed by atoms with van der Waals surface area (Å²) in [5.41, 5.74) is 9.75. The molecule has 30 heavy (non-hydrogen) atoms. The molecule has 2 aliphatic rings. The molecule has 0 saturated heterocycles. The van der Waals surface area contributed by atoms with Crippen molar-refractivity contribution in [3.63, 3.8) is 0 Å². The lowest BCUT2D eigenvalue weighted by Gasteiger charge is -2.31. The molecule has 0 saturated carbocycles. The van der Waals surface area contributed by atoms with Crippen molar-refractivity contribution >= 4 is 5.69 Å². The van der Waals surface area contributed by atoms with Gasteiger partial charge in [-0.3, -0.25) is 0 Å². The van der Waals surface area contributed by atoms with Crippen LogP contribution in [-0.4, -0.2) is 6.54 Å². The van der Waals surface area contributed by atoms with Crippen LogP contribution in [0.3, 0.4) is 0 Å². The van der Waals surface area contributed by atoms with Gasteiger partial charge in [-0.25, -0.2) is 0 Å². The molecule has 0 spiro atoms. The maximum absolute atomic E-state index is 2.48. The molecule has 2 aliphatic carbocycles. The van der Waals surface area contributed by atoms with Crippen LogP contribution >= 0.6 is 0 Å². The van der Waals surface area contributed by atoms with Gasteiger partial charge in [-0.15, -0.1) is 0 Å². The minimum atomic E-state index is 0.0365. The molecule has 3 aromatic carbocycles. The molecule has 0 heterocycles. The van der Waals surface area contributed by atoms with E-state index in [4.69, 9.17) is 0 Å². The van der Waals surface area contributed by atoms with Crippen LogP contribution in [0.15, 0.2) is 96.7 Å². The second-order valence-electron chi connectivity index (χ2n) is 8.91. The van der Waals surface area contributed by atoms with Crippen LogP contribution in [0.2, 0.25) is 0 Å². The van der Waals surface area contributed by atoms with Gasteiger partial charge in [-0.05, 0) is 59.4 Å². The van der Waals surface area contributed by atoms with Gasteiger partial charge >= 0.3 is 0 Å². The lowest BCUT2D eigenvalue weighted by Crippen LogP contribution is -2.25. The van der Waals surface area contributed by atoms with E-state index in [0.717, 1.165) is 13.0 Å². The Kier molecular flexibility index (Phi) is 4.62. The van der Waals surface area contributed by atoms with Crippen molar-refractivity contribution in [1.82, 2.24) is 0 Å². The molecule has 1 unspecified atom stereocenters. The molecule has 1 atom stereocenters. The Labute approximate surface area is 180 Å². The van der Waals surface area contributed by atoms with Crippen molar-refractivity contribution in [3.05, 3.63) is 113 Å². The number of hydrogen-bond donors (Lipinski definition) is 0. The van der Waals surface area contributed by atoms with Crippen LogP contribution in [0.5, 0.6) is 0 Å². The maximum atomic E-state index is 2.48. The average Bonchev–Trinajstić information content (AvgIpc) is 3.02. The minimum Gasteiger partial charge on any atom is -0.345 e. The number of allylic oxidation sites excluding steroid dienone is 4. The third kappa shape index (κ3) is 3.01. The average molecular weight is 392 g/mol. The molecule has 1 heteroatoms. The molecule has 0 radical (unpaired) electrons. The van der Waals surface area contributed by atoms with E-state index >= 15 is 0 Å². The van der Waals surface area contributed by atoms with Gasteiger partial charge in [0.2, 0.25) is 0 Å². The third-order valence-corrected chi connectivity index (χ3v) is 6.83. The van der Waals surface area contributed by atoms with Gasteiger partial charge in [0.15, 0.2) is 0 Å². The monoisotopic (exact) mass is 391 g/mol. The van der Waals surface area contributed by atoms with Gasteiger partial charge in [0.05, 0.1) is 0 Å². The molecule has 5 rings (SSSR count). The number of anilines is 1. The molecule has 3 aromatic rings. The molecule has 0 aliphatic heterocycles. The predicted octanol–water partition coefficient (Wildman–Crippen LogP) is 7.45. The molecule has 0 bridgehead atoms. The van der Waals surface area contributed by atoms with E-state index < -0.39 is 0 Å². The number of fused-ring (bicyclic) bond motifs is 3. The van der Waals surface area contributed by atoms with Gasteiger partial charge in [0, 0.05) is 29.3 Å². The second kappa shape index (κ2) is 7.32. The van der Waals surface area contributed by atoms with Crippen molar-refractivity contribution in [2.75, 3.05) is 11.4 Å². The van der Waals surface area contributed by atoms with Crippen molar-refractivity contribution in [2.24, 2.45) is 0 Å². The quantitative estimate of drug-likeness (QED) is 0.446. The first kappa shape index (κ1) is 18.9. The van der Waals surface area contributed by atoms with Crippen LogP contribution in [0, 0.1) is 0 Å². The summed E-state index contributed by atoms with van der Waals surface area (Å²) >= 11 is 0. The molecule has 0 N–H and O–H groups in total. The molecular formula is C29H29N. The maximum Gasteiger partial charge on any atom is 0.0411 e. The van der Waals surface area contributed by atoms with Crippen LogP contribution in [-0.2, 0) is 5.41 Å². The summed E-state index contributed by atoms with van der Waals surface area (Å²) in [6.07, 6.45) is 7.88. The molecule has 1 nitrogen and oxygen atoms in total. The van der Waals surface area contributed by atoms with Crippen molar-refractivity contribution < 1.29 is 0 Å². The summed E-state index contributed by atoms with van der Waals surface area (Å²) in [6.45, 7) is 7.93. The van der Waals surface area contributed by atoms with Crippen molar-refractivity contribution in [3.8, 4) is 11.1 Å². The Balaban J connectivity index is 1.49. The number of hydrogen-bond acceptors (Lipinski definition) is 1. The molecule has 150 valence electrons. The Morgan fingerprint density at radius 2 is 1.60 bits per heavy atom. The first-order valence-corrected chi connectivity index (χ1v) is 11.0. The van der Waals surface area contributed by atoms with Gasteiger partial charge in [0.1, 0.15) is 0 Å². The summed E-state index contributed by atoms with van der Waals surface area (Å²) in [7, 11) is 0. The van der Waals surface area contributed by atoms with Crippen molar-refractivity contribution in [2.45, 2.75) is 38.5 Å². The summed E-state index contributed by atoms with van der Waals surface area (Å²) in [5, 5.41) is 0. The van der Waals surface area contributed by atoms with E-state index in [9.17, 15) is 0 Å². The fourth-order valence-corrected chi connectivity index (χ4v) is 5.20. The Morgan fingerprint density at radius 3 is 2.40 bits per heavy atom. The predicted molar refractivity (Wildman–Crippen MR) is 128 cm³/mol. The highest BCUT2D eigenvalue weighted by atomic mass is 15.1. The lowest BCUT2D eigenvalue weighted by molar-refractivity contribution is 0.659. The van der Waals surface area contributed by atoms with Gasteiger partial charge in [0.25, 0.3) is 0 Å². The molecule has 0 fully saturated rings. The Hall–Kier alpha value is -3.06. The van der Waals surface area contributed by atoms with Gasteiger partial charge < -0.3 is 4.90 Å². The first-order valence-electron chi connectivity index (χ1n) is 11.0. The zero-order valence-corrected chi connectivity index (χ0v) is 18.1. The normalized spacial score (nSPS) is 18.5. The van der Waals surface area contributed by atoms with E-state index in [1.54, 1.807) is 0 Å². The van der Waals surface area contributed by atoms with E-state index in [0.29, 0.717) is 5.92 Å². The first-order chi connectivity index (χ1) is 14.6. The van der Waals surface area contributed by atoms with Crippen LogP contribution < -0.4 is 4.90 Å². The fourth-order valence-electron chi connectivity index (χ4n) is 5.20. The minimum absolute atomic E-state index is 0.0365. The van der Waals surface area contributed by atoms with E-state index in [1.165, 1.54) is 39.2 Å². The van der Waals surface area contributed by atoms with Gasteiger partial charge in [-0.2, -0.15) is 0 Å². The lowest BCUT2D eigenvalue weighted by atomic mass is 9.82. The third-order valence-electron chi connectivity index (χ3n) is 6.83. The Bertz CT molecular complexity index is 1130. The summed E-state index contributed by atoms with van der Waals surface area (Å²) < 4.78 is 0. The Morgan fingerprint density at radius 1 is 0.867 bits per heavy atom. The zero-order chi connectivity index (χ0) is 20.7. The van der Waals surface area contributed by atoms with Crippen LogP contribution in [0.1, 0.15) is 49.8 Å². The number of rotatable bonds is 4. The number of nitrogens with zero attached hydrogens (tertiary/aromatic N) is 1. The van der Waals surface area contributed by atoms with E-state index in [-0.39, 0.29) is 5.41 Å². The second-order valence-corrected chi connectivity index (χ2v) is 8.91. The molecular weight excluding hydrogens is 362 g/mol. The molecule has 0 aromatic heterocycles. The largest absolute Gasteiger partial charge is 0.345 e. The zero-order valence-electron chi connectivity index (χ0n) is 18.1. The van der Waals surface area contributed by atoms with Crippen LogP contribution in [0.4, 0.5) is 5.69 Å². The van der Waals surface area contributed by atoms with Crippen molar-refractivity contribution in [1.29, 1.82) is 0 Å². The van der Waals surface area contributed by atoms with E-state index in [1.807, 2.05) is 0 Å². The van der Waals surface area contributed by atoms with Gasteiger partial charge in [-0.1, -0.05) is 86.7 Å². The van der Waals surface area contributed by atoms with E-state index in [2.05, 4.69) is 117 Å². The summed E-state index contributed by atoms with van der Waals surface area (Å²) in [4.78, 5) is 2.48.